The highest BCUT2D eigenvalue weighted by atomic mass is 32.2. The zero-order valence-corrected chi connectivity index (χ0v) is 8.22. The first-order valence-corrected chi connectivity index (χ1v) is 5.06. The number of hydrogen-bond acceptors (Lipinski definition) is 2. The maximum absolute atomic E-state index is 12.6. The van der Waals surface area contributed by atoms with Crippen LogP contribution in [0.2, 0.25) is 0 Å². The highest BCUT2D eigenvalue weighted by molar-refractivity contribution is 8.02. The van der Waals surface area contributed by atoms with E-state index in [0.717, 1.165) is 10.3 Å². The van der Waals surface area contributed by atoms with Crippen LogP contribution < -0.4 is 5.32 Å². The van der Waals surface area contributed by atoms with Gasteiger partial charge in [0, 0.05) is 4.90 Å². The number of thioether (sulfide) groups is 1. The molecule has 3 heteroatoms. The summed E-state index contributed by atoms with van der Waals surface area (Å²) in [5.74, 6) is -0.202. The van der Waals surface area contributed by atoms with Crippen LogP contribution in [0.15, 0.2) is 53.6 Å². The van der Waals surface area contributed by atoms with E-state index in [-0.39, 0.29) is 5.82 Å². The van der Waals surface area contributed by atoms with Crippen LogP contribution in [0.3, 0.4) is 0 Å². The lowest BCUT2D eigenvalue weighted by Gasteiger charge is -2.13. The van der Waals surface area contributed by atoms with Crippen molar-refractivity contribution in [2.75, 3.05) is 0 Å². The second kappa shape index (κ2) is 4.33. The third-order valence-corrected chi connectivity index (χ3v) is 2.70. The van der Waals surface area contributed by atoms with Gasteiger partial charge >= 0.3 is 0 Å². The molecule has 1 aliphatic rings. The predicted octanol–water partition coefficient (Wildman–Crippen LogP) is 3.08. The van der Waals surface area contributed by atoms with Gasteiger partial charge in [0.2, 0.25) is 0 Å². The quantitative estimate of drug-likeness (QED) is 0.798. The summed E-state index contributed by atoms with van der Waals surface area (Å²) < 4.78 is 12.6. The molecule has 0 atom stereocenters. The first kappa shape index (κ1) is 9.34. The van der Waals surface area contributed by atoms with Crippen LogP contribution in [0.1, 0.15) is 0 Å². The Balaban J connectivity index is 2.00. The van der Waals surface area contributed by atoms with Gasteiger partial charge in [-0.3, -0.25) is 0 Å². The van der Waals surface area contributed by atoms with Gasteiger partial charge in [0.1, 0.15) is 11.2 Å². The molecule has 1 aliphatic heterocycles. The van der Waals surface area contributed by atoms with E-state index in [1.807, 2.05) is 24.4 Å². The molecule has 1 aromatic carbocycles. The topological polar surface area (TPSA) is 12.0 Å². The van der Waals surface area contributed by atoms with Crippen LogP contribution in [-0.2, 0) is 0 Å². The lowest BCUT2D eigenvalue weighted by molar-refractivity contribution is 0.626. The van der Waals surface area contributed by atoms with Crippen molar-refractivity contribution in [3.63, 3.8) is 0 Å². The van der Waals surface area contributed by atoms with Crippen molar-refractivity contribution >= 4 is 11.8 Å². The fraction of sp³-hybridized carbons (Fsp3) is 0. The van der Waals surface area contributed by atoms with Crippen LogP contribution >= 0.6 is 11.8 Å². The van der Waals surface area contributed by atoms with Gasteiger partial charge in [-0.05, 0) is 42.6 Å². The Morgan fingerprint density at radius 2 is 1.86 bits per heavy atom. The van der Waals surface area contributed by atoms with Gasteiger partial charge in [0.15, 0.2) is 0 Å². The maximum atomic E-state index is 12.6. The highest BCUT2D eigenvalue weighted by Gasteiger charge is 2.07. The molecule has 1 heterocycles. The Kier molecular flexibility index (Phi) is 2.89. The van der Waals surface area contributed by atoms with Gasteiger partial charge in [-0.25, -0.2) is 4.39 Å². The summed E-state index contributed by atoms with van der Waals surface area (Å²) in [7, 11) is 0. The Morgan fingerprint density at radius 3 is 2.50 bits per heavy atom. The van der Waals surface area contributed by atoms with Crippen molar-refractivity contribution in [2.45, 2.75) is 4.90 Å². The van der Waals surface area contributed by atoms with Gasteiger partial charge in [0.05, 0.1) is 0 Å². The maximum Gasteiger partial charge on any atom is 0.144 e. The molecule has 71 valence electrons. The summed E-state index contributed by atoms with van der Waals surface area (Å²) in [4.78, 5) is 1.02. The first-order valence-electron chi connectivity index (χ1n) is 4.25. The van der Waals surface area contributed by atoms with E-state index in [1.54, 1.807) is 23.9 Å². The molecule has 0 fully saturated rings. The third kappa shape index (κ3) is 2.39. The monoisotopic (exact) mass is 206 g/mol. The molecule has 0 aromatic heterocycles. The molecule has 0 spiro atoms. The number of hydrogen-bond donors (Lipinski definition) is 1. The second-order valence-corrected chi connectivity index (χ2v) is 3.90. The molecule has 1 N–H and O–H groups in total. The molecule has 0 unspecified atom stereocenters. The molecular formula is C11H9FNS. The fourth-order valence-electron chi connectivity index (χ4n) is 1.07. The van der Waals surface area contributed by atoms with E-state index in [1.165, 1.54) is 12.1 Å². The zero-order chi connectivity index (χ0) is 9.80. The van der Waals surface area contributed by atoms with Crippen LogP contribution in [-0.4, -0.2) is 0 Å². The van der Waals surface area contributed by atoms with E-state index in [9.17, 15) is 4.39 Å². The number of dihydropyridines is 1. The summed E-state index contributed by atoms with van der Waals surface area (Å²) >= 11 is 1.57. The summed E-state index contributed by atoms with van der Waals surface area (Å²) in [6, 6.07) is 6.46. The van der Waals surface area contributed by atoms with Gasteiger partial charge in [-0.1, -0.05) is 17.8 Å². The lowest BCUT2D eigenvalue weighted by Crippen LogP contribution is -2.10. The number of nitrogens with one attached hydrogen (secondary N) is 1. The average Bonchev–Trinajstić information content (AvgIpc) is 2.23. The van der Waals surface area contributed by atoms with Crippen LogP contribution in [0, 0.1) is 11.2 Å². The van der Waals surface area contributed by atoms with Crippen molar-refractivity contribution < 1.29 is 4.39 Å². The molecular weight excluding hydrogens is 197 g/mol. The second-order valence-electron chi connectivity index (χ2n) is 2.78. The minimum absolute atomic E-state index is 0.202. The lowest BCUT2D eigenvalue weighted by atomic mass is 10.3. The molecule has 0 aliphatic carbocycles. The Morgan fingerprint density at radius 1 is 1.07 bits per heavy atom. The van der Waals surface area contributed by atoms with Crippen LogP contribution in [0.4, 0.5) is 4.39 Å². The Bertz CT molecular complexity index is 356. The third-order valence-electron chi connectivity index (χ3n) is 1.72. The molecule has 1 nitrogen and oxygen atoms in total. The highest BCUT2D eigenvalue weighted by Crippen LogP contribution is 2.28. The van der Waals surface area contributed by atoms with E-state index < -0.39 is 0 Å². The summed E-state index contributed by atoms with van der Waals surface area (Å²) in [6.07, 6.45) is 7.73. The SMILES string of the molecule is Fc1ccc(S[C]2C=CC=CN2)cc1. The normalized spacial score (nSPS) is 15.5. The largest absolute Gasteiger partial charge is 0.370 e. The number of halogens is 1. The fourth-order valence-corrected chi connectivity index (χ4v) is 1.87. The number of rotatable bonds is 2. The molecule has 0 saturated carbocycles. The van der Waals surface area contributed by atoms with Crippen molar-refractivity contribution in [3.05, 3.63) is 59.9 Å². The van der Waals surface area contributed by atoms with Crippen molar-refractivity contribution in [2.24, 2.45) is 0 Å². The minimum Gasteiger partial charge on any atom is -0.370 e. The first-order chi connectivity index (χ1) is 6.84. The zero-order valence-electron chi connectivity index (χ0n) is 7.41. The molecule has 0 saturated heterocycles. The van der Waals surface area contributed by atoms with Crippen molar-refractivity contribution in [1.29, 1.82) is 0 Å². The van der Waals surface area contributed by atoms with Gasteiger partial charge in [0.25, 0.3) is 0 Å². The van der Waals surface area contributed by atoms with Crippen LogP contribution in [0.25, 0.3) is 0 Å². The summed E-state index contributed by atoms with van der Waals surface area (Å²) in [6.45, 7) is 0. The van der Waals surface area contributed by atoms with Gasteiger partial charge in [-0.2, -0.15) is 0 Å². The van der Waals surface area contributed by atoms with E-state index >= 15 is 0 Å². The minimum atomic E-state index is -0.202. The van der Waals surface area contributed by atoms with Gasteiger partial charge < -0.3 is 5.32 Å². The summed E-state index contributed by atoms with van der Waals surface area (Å²) in [5, 5.41) is 4.14. The van der Waals surface area contributed by atoms with Gasteiger partial charge in [-0.15, -0.1) is 0 Å². The molecule has 14 heavy (non-hydrogen) atoms. The average molecular weight is 206 g/mol. The Hall–Kier alpha value is -1.22. The Labute approximate surface area is 86.7 Å². The number of benzene rings is 1. The molecule has 1 aromatic rings. The molecule has 0 bridgehead atoms. The van der Waals surface area contributed by atoms with E-state index in [0.29, 0.717) is 0 Å². The molecule has 1 radical (unpaired) electrons. The van der Waals surface area contributed by atoms with Crippen molar-refractivity contribution in [1.82, 2.24) is 5.32 Å². The molecule has 0 amide bonds. The standard InChI is InChI=1S/C11H9FNS/c12-9-4-6-10(7-5-9)14-11-3-1-2-8-13-11/h1-8,13H. The summed E-state index contributed by atoms with van der Waals surface area (Å²) in [5.41, 5.74) is 0. The van der Waals surface area contributed by atoms with Crippen molar-refractivity contribution in [3.8, 4) is 0 Å². The number of allylic oxidation sites excluding steroid dienone is 2. The van der Waals surface area contributed by atoms with E-state index in [2.05, 4.69) is 5.32 Å². The van der Waals surface area contributed by atoms with Crippen LogP contribution in [0.5, 0.6) is 0 Å². The molecule has 2 rings (SSSR count). The van der Waals surface area contributed by atoms with E-state index in [4.69, 9.17) is 0 Å². The predicted molar refractivity (Wildman–Crippen MR) is 56.9 cm³/mol. The smallest absolute Gasteiger partial charge is 0.144 e.